The van der Waals surface area contributed by atoms with Crippen molar-refractivity contribution in [3.8, 4) is 0 Å². The summed E-state index contributed by atoms with van der Waals surface area (Å²) in [7, 11) is 1.29. The molecule has 1 aromatic heterocycles. The minimum atomic E-state index is -0.550. The summed E-state index contributed by atoms with van der Waals surface area (Å²) in [6.45, 7) is 0. The molecule has 1 heterocycles. The number of ether oxygens (including phenoxy) is 1. The van der Waals surface area contributed by atoms with Crippen LogP contribution >= 0.6 is 23.4 Å². The Morgan fingerprint density at radius 3 is 2.86 bits per heavy atom. The highest BCUT2D eigenvalue weighted by Crippen LogP contribution is 2.34. The van der Waals surface area contributed by atoms with E-state index in [0.717, 1.165) is 11.8 Å². The number of carbonyl (C=O) groups is 1. The maximum absolute atomic E-state index is 11.5. The van der Waals surface area contributed by atoms with Gasteiger partial charge < -0.3 is 4.74 Å². The number of hydrogen-bond acceptors (Lipinski definition) is 6. The van der Waals surface area contributed by atoms with Crippen LogP contribution in [0.5, 0.6) is 0 Å². The summed E-state index contributed by atoms with van der Waals surface area (Å²) in [5.74, 6) is -0.476. The predicted octanol–water partition coefficient (Wildman–Crippen LogP) is 3.58. The first-order chi connectivity index (χ1) is 10.0. The molecule has 0 amide bonds. The van der Waals surface area contributed by atoms with Crippen LogP contribution in [0, 0.1) is 10.1 Å². The molecule has 0 aliphatic rings. The second-order valence-electron chi connectivity index (χ2n) is 3.86. The molecule has 0 spiro atoms. The minimum absolute atomic E-state index is 0.184. The highest BCUT2D eigenvalue weighted by Gasteiger charge is 2.17. The van der Waals surface area contributed by atoms with Gasteiger partial charge in [-0.05, 0) is 18.2 Å². The summed E-state index contributed by atoms with van der Waals surface area (Å²) in [5.41, 5.74) is 0.176. The van der Waals surface area contributed by atoms with Crippen LogP contribution in [0.25, 0.3) is 0 Å². The molecule has 0 N–H and O–H groups in total. The number of hydrogen-bond donors (Lipinski definition) is 0. The SMILES string of the molecule is COC(=O)c1cccc(Sc2ncc(Cl)cc2[N+](=O)[O-])c1. The minimum Gasteiger partial charge on any atom is -0.465 e. The van der Waals surface area contributed by atoms with Crippen LogP contribution in [0.3, 0.4) is 0 Å². The molecule has 6 nitrogen and oxygen atoms in total. The van der Waals surface area contributed by atoms with Gasteiger partial charge in [0, 0.05) is 17.2 Å². The fraction of sp³-hybridized carbons (Fsp3) is 0.0769. The van der Waals surface area contributed by atoms with E-state index in [9.17, 15) is 14.9 Å². The number of halogens is 1. The molecule has 0 radical (unpaired) electrons. The molecule has 0 atom stereocenters. The average molecular weight is 325 g/mol. The van der Waals surface area contributed by atoms with Gasteiger partial charge in [-0.2, -0.15) is 0 Å². The maximum atomic E-state index is 11.5. The van der Waals surface area contributed by atoms with Crippen molar-refractivity contribution in [2.45, 2.75) is 9.92 Å². The Bertz CT molecular complexity index is 708. The summed E-state index contributed by atoms with van der Waals surface area (Å²) in [6, 6.07) is 7.80. The Morgan fingerprint density at radius 1 is 1.43 bits per heavy atom. The Morgan fingerprint density at radius 2 is 2.19 bits per heavy atom. The number of rotatable bonds is 4. The number of esters is 1. The largest absolute Gasteiger partial charge is 0.465 e. The van der Waals surface area contributed by atoms with Gasteiger partial charge in [-0.1, -0.05) is 29.4 Å². The van der Waals surface area contributed by atoms with Gasteiger partial charge in [0.15, 0.2) is 5.03 Å². The zero-order chi connectivity index (χ0) is 15.4. The summed E-state index contributed by atoms with van der Waals surface area (Å²) in [5, 5.41) is 11.4. The lowest BCUT2D eigenvalue weighted by molar-refractivity contribution is -0.388. The lowest BCUT2D eigenvalue weighted by Crippen LogP contribution is -2.00. The fourth-order valence-corrected chi connectivity index (χ4v) is 2.59. The molecule has 0 aliphatic heterocycles. The van der Waals surface area contributed by atoms with Crippen LogP contribution in [0.15, 0.2) is 46.5 Å². The van der Waals surface area contributed by atoms with Gasteiger partial charge in [0.1, 0.15) is 0 Å². The van der Waals surface area contributed by atoms with Crippen molar-refractivity contribution in [3.05, 3.63) is 57.2 Å². The summed E-state index contributed by atoms with van der Waals surface area (Å²) < 4.78 is 4.63. The second-order valence-corrected chi connectivity index (χ2v) is 5.36. The smallest absolute Gasteiger partial charge is 0.337 e. The number of methoxy groups -OCH3 is 1. The molecule has 2 aromatic rings. The van der Waals surface area contributed by atoms with Crippen molar-refractivity contribution in [1.29, 1.82) is 0 Å². The molecule has 0 saturated heterocycles. The molecule has 2 rings (SSSR count). The molecule has 0 aliphatic carbocycles. The molecule has 8 heteroatoms. The predicted molar refractivity (Wildman–Crippen MR) is 77.8 cm³/mol. The number of nitrogens with zero attached hydrogens (tertiary/aromatic N) is 2. The van der Waals surface area contributed by atoms with Gasteiger partial charge in [-0.15, -0.1) is 0 Å². The molecule has 108 valence electrons. The van der Waals surface area contributed by atoms with Crippen molar-refractivity contribution in [1.82, 2.24) is 4.98 Å². The molecular weight excluding hydrogens is 316 g/mol. The highest BCUT2D eigenvalue weighted by molar-refractivity contribution is 7.99. The van der Waals surface area contributed by atoms with Gasteiger partial charge in [0.2, 0.25) is 0 Å². The van der Waals surface area contributed by atoms with Crippen LogP contribution in [-0.2, 0) is 4.74 Å². The Kier molecular flexibility index (Phi) is 4.77. The van der Waals surface area contributed by atoms with E-state index in [1.54, 1.807) is 24.3 Å². The third-order valence-electron chi connectivity index (χ3n) is 2.47. The molecule has 0 unspecified atom stereocenters. The summed E-state index contributed by atoms with van der Waals surface area (Å²) >= 11 is 6.79. The van der Waals surface area contributed by atoms with E-state index >= 15 is 0 Å². The Labute approximate surface area is 129 Å². The number of pyridine rings is 1. The standard InChI is InChI=1S/C13H9ClN2O4S/c1-20-13(17)8-3-2-4-10(5-8)21-12-11(16(18)19)6-9(14)7-15-12/h2-7H,1H3. The van der Waals surface area contributed by atoms with E-state index < -0.39 is 10.9 Å². The summed E-state index contributed by atoms with van der Waals surface area (Å²) in [6.07, 6.45) is 1.33. The lowest BCUT2D eigenvalue weighted by Gasteiger charge is -2.04. The van der Waals surface area contributed by atoms with E-state index in [4.69, 9.17) is 11.6 Å². The van der Waals surface area contributed by atoms with E-state index in [2.05, 4.69) is 9.72 Å². The highest BCUT2D eigenvalue weighted by atomic mass is 35.5. The number of nitro groups is 1. The molecule has 0 saturated carbocycles. The quantitative estimate of drug-likeness (QED) is 0.485. The van der Waals surface area contributed by atoms with Crippen molar-refractivity contribution in [2.24, 2.45) is 0 Å². The zero-order valence-electron chi connectivity index (χ0n) is 10.8. The molecule has 0 bridgehead atoms. The molecule has 21 heavy (non-hydrogen) atoms. The van der Waals surface area contributed by atoms with Crippen LogP contribution in [0.4, 0.5) is 5.69 Å². The van der Waals surface area contributed by atoms with Gasteiger partial charge >= 0.3 is 11.7 Å². The van der Waals surface area contributed by atoms with E-state index in [1.165, 1.54) is 19.4 Å². The molecule has 1 aromatic carbocycles. The topological polar surface area (TPSA) is 82.3 Å². The van der Waals surface area contributed by atoms with E-state index in [1.807, 2.05) is 0 Å². The second kappa shape index (κ2) is 6.55. The first-order valence-electron chi connectivity index (χ1n) is 5.67. The van der Waals surface area contributed by atoms with Gasteiger partial charge in [0.05, 0.1) is 22.6 Å². The van der Waals surface area contributed by atoms with Crippen LogP contribution in [0.1, 0.15) is 10.4 Å². The van der Waals surface area contributed by atoms with Crippen molar-refractivity contribution < 1.29 is 14.5 Å². The average Bonchev–Trinajstić information content (AvgIpc) is 2.48. The van der Waals surface area contributed by atoms with Gasteiger partial charge in [-0.25, -0.2) is 9.78 Å². The third kappa shape index (κ3) is 3.71. The zero-order valence-corrected chi connectivity index (χ0v) is 12.4. The molecule has 0 fully saturated rings. The number of benzene rings is 1. The van der Waals surface area contributed by atoms with E-state index in [-0.39, 0.29) is 15.7 Å². The molecular formula is C13H9ClN2O4S. The first kappa shape index (κ1) is 15.3. The monoisotopic (exact) mass is 324 g/mol. The van der Waals surface area contributed by atoms with Crippen LogP contribution in [0.2, 0.25) is 5.02 Å². The van der Waals surface area contributed by atoms with Crippen molar-refractivity contribution in [3.63, 3.8) is 0 Å². The number of carbonyl (C=O) groups excluding carboxylic acids is 1. The Hall–Kier alpha value is -2.12. The van der Waals surface area contributed by atoms with Gasteiger partial charge in [0.25, 0.3) is 0 Å². The number of aromatic nitrogens is 1. The normalized spacial score (nSPS) is 10.2. The first-order valence-corrected chi connectivity index (χ1v) is 6.87. The van der Waals surface area contributed by atoms with E-state index in [0.29, 0.717) is 10.5 Å². The maximum Gasteiger partial charge on any atom is 0.337 e. The Balaban J connectivity index is 2.34. The van der Waals surface area contributed by atoms with Crippen molar-refractivity contribution in [2.75, 3.05) is 7.11 Å². The van der Waals surface area contributed by atoms with Crippen molar-refractivity contribution >= 4 is 35.0 Å². The van der Waals surface area contributed by atoms with Gasteiger partial charge in [-0.3, -0.25) is 10.1 Å². The van der Waals surface area contributed by atoms with Crippen LogP contribution in [-0.4, -0.2) is 23.0 Å². The third-order valence-corrected chi connectivity index (χ3v) is 3.67. The summed E-state index contributed by atoms with van der Waals surface area (Å²) in [4.78, 5) is 26.5. The van der Waals surface area contributed by atoms with Crippen LogP contribution < -0.4 is 0 Å². The fourth-order valence-electron chi connectivity index (χ4n) is 1.54. The lowest BCUT2D eigenvalue weighted by atomic mass is 10.2.